The lowest BCUT2D eigenvalue weighted by Gasteiger charge is -2.10. The number of halogens is 1. The number of aromatic amines is 1. The highest BCUT2D eigenvalue weighted by molar-refractivity contribution is 14.0. The summed E-state index contributed by atoms with van der Waals surface area (Å²) in [6.07, 6.45) is 6.50. The molecule has 7 heteroatoms. The van der Waals surface area contributed by atoms with E-state index < -0.39 is 0 Å². The third kappa shape index (κ3) is 8.31. The zero-order chi connectivity index (χ0) is 17.0. The van der Waals surface area contributed by atoms with Crippen molar-refractivity contribution in [1.82, 2.24) is 20.6 Å². The first-order chi connectivity index (χ1) is 11.8. The van der Waals surface area contributed by atoms with E-state index in [1.165, 1.54) is 18.6 Å². The van der Waals surface area contributed by atoms with Crippen LogP contribution in [0.2, 0.25) is 0 Å². The van der Waals surface area contributed by atoms with E-state index in [1.54, 1.807) is 0 Å². The minimum absolute atomic E-state index is 0. The summed E-state index contributed by atoms with van der Waals surface area (Å²) in [7, 11) is 0. The summed E-state index contributed by atoms with van der Waals surface area (Å²) in [5.41, 5.74) is 2.15. The number of fused-ring (bicyclic) bond motifs is 1. The summed E-state index contributed by atoms with van der Waals surface area (Å²) in [6.45, 7) is 4.77. The van der Waals surface area contributed by atoms with Crippen molar-refractivity contribution in [1.29, 1.82) is 0 Å². The Kier molecular flexibility index (Phi) is 11.7. The number of rotatable bonds is 10. The van der Waals surface area contributed by atoms with Crippen molar-refractivity contribution in [2.24, 2.45) is 4.99 Å². The number of hydrogen-bond donors (Lipinski definition) is 3. The zero-order valence-electron chi connectivity index (χ0n) is 15.2. The van der Waals surface area contributed by atoms with E-state index in [0.29, 0.717) is 0 Å². The molecule has 5 nitrogen and oxygen atoms in total. The molecular formula is C18H30IN5S. The molecule has 0 radical (unpaired) electrons. The summed E-state index contributed by atoms with van der Waals surface area (Å²) < 4.78 is 0. The number of hydrogen-bond acceptors (Lipinski definition) is 3. The zero-order valence-corrected chi connectivity index (χ0v) is 18.3. The molecule has 2 rings (SSSR count). The quantitative estimate of drug-likeness (QED) is 0.212. The Morgan fingerprint density at radius 2 is 2.04 bits per heavy atom. The number of aromatic nitrogens is 2. The van der Waals surface area contributed by atoms with E-state index in [2.05, 4.69) is 44.8 Å². The van der Waals surface area contributed by atoms with Gasteiger partial charge in [0.05, 0.1) is 11.0 Å². The number of unbranched alkanes of at least 4 members (excludes halogenated alkanes) is 1. The summed E-state index contributed by atoms with van der Waals surface area (Å²) in [4.78, 5) is 12.6. The lowest BCUT2D eigenvalue weighted by molar-refractivity contribution is 0.726. The summed E-state index contributed by atoms with van der Waals surface area (Å²) >= 11 is 1.90. The number of guanidine groups is 1. The monoisotopic (exact) mass is 475 g/mol. The molecule has 0 unspecified atom stereocenters. The Labute approximate surface area is 172 Å². The number of benzene rings is 1. The average molecular weight is 475 g/mol. The van der Waals surface area contributed by atoms with Crippen LogP contribution in [0.3, 0.4) is 0 Å². The maximum absolute atomic E-state index is 4.65. The molecule has 0 spiro atoms. The highest BCUT2D eigenvalue weighted by atomic mass is 127. The van der Waals surface area contributed by atoms with E-state index in [9.17, 15) is 0 Å². The molecule has 1 aromatic carbocycles. The van der Waals surface area contributed by atoms with Gasteiger partial charge in [-0.05, 0) is 50.3 Å². The van der Waals surface area contributed by atoms with Crippen LogP contribution in [0.5, 0.6) is 0 Å². The number of nitrogens with one attached hydrogen (secondary N) is 3. The average Bonchev–Trinajstić information content (AvgIpc) is 3.01. The minimum Gasteiger partial charge on any atom is -0.357 e. The number of imidazole rings is 1. The molecule has 0 saturated heterocycles. The van der Waals surface area contributed by atoms with Gasteiger partial charge in [-0.2, -0.15) is 11.8 Å². The fraction of sp³-hybridized carbons (Fsp3) is 0.556. The first kappa shape index (κ1) is 22.1. The van der Waals surface area contributed by atoms with Crippen LogP contribution in [0.15, 0.2) is 29.3 Å². The second kappa shape index (κ2) is 13.3. The SMILES string of the molecule is CCNC(=NCCCc1nc2ccccc2[nH]1)NCCCCSC.I. The van der Waals surface area contributed by atoms with Gasteiger partial charge in [-0.15, -0.1) is 24.0 Å². The molecule has 140 valence electrons. The van der Waals surface area contributed by atoms with Gasteiger partial charge in [-0.3, -0.25) is 4.99 Å². The third-order valence-electron chi connectivity index (χ3n) is 3.69. The van der Waals surface area contributed by atoms with Gasteiger partial charge in [0.15, 0.2) is 5.96 Å². The second-order valence-corrected chi connectivity index (χ2v) is 6.68. The van der Waals surface area contributed by atoms with Crippen LogP contribution < -0.4 is 10.6 Å². The van der Waals surface area contributed by atoms with Crippen LogP contribution in [-0.4, -0.2) is 47.6 Å². The van der Waals surface area contributed by atoms with Crippen molar-refractivity contribution in [2.45, 2.75) is 32.6 Å². The number of thioether (sulfide) groups is 1. The first-order valence-electron chi connectivity index (χ1n) is 8.78. The third-order valence-corrected chi connectivity index (χ3v) is 4.39. The Morgan fingerprint density at radius 3 is 2.80 bits per heavy atom. The molecule has 1 aromatic heterocycles. The van der Waals surface area contributed by atoms with Crippen LogP contribution in [0.1, 0.15) is 32.0 Å². The van der Waals surface area contributed by atoms with Gasteiger partial charge >= 0.3 is 0 Å². The van der Waals surface area contributed by atoms with Gasteiger partial charge in [0.25, 0.3) is 0 Å². The molecule has 25 heavy (non-hydrogen) atoms. The summed E-state index contributed by atoms with van der Waals surface area (Å²) in [5, 5.41) is 6.71. The number of aliphatic imine (C=N–C) groups is 1. The van der Waals surface area contributed by atoms with Crippen molar-refractivity contribution >= 4 is 52.7 Å². The van der Waals surface area contributed by atoms with Gasteiger partial charge < -0.3 is 15.6 Å². The van der Waals surface area contributed by atoms with Gasteiger partial charge in [-0.1, -0.05) is 12.1 Å². The molecule has 0 bridgehead atoms. The van der Waals surface area contributed by atoms with E-state index in [0.717, 1.165) is 55.3 Å². The van der Waals surface area contributed by atoms with E-state index in [1.807, 2.05) is 30.0 Å². The van der Waals surface area contributed by atoms with Crippen LogP contribution in [0, 0.1) is 0 Å². The lowest BCUT2D eigenvalue weighted by Crippen LogP contribution is -2.37. The smallest absolute Gasteiger partial charge is 0.191 e. The highest BCUT2D eigenvalue weighted by Crippen LogP contribution is 2.11. The molecule has 0 aliphatic heterocycles. The summed E-state index contributed by atoms with van der Waals surface area (Å²) in [5.74, 6) is 3.19. The normalized spacial score (nSPS) is 11.4. The van der Waals surface area contributed by atoms with E-state index in [-0.39, 0.29) is 24.0 Å². The Hall–Kier alpha value is -0.960. The van der Waals surface area contributed by atoms with Crippen molar-refractivity contribution in [3.63, 3.8) is 0 Å². The molecular weight excluding hydrogens is 445 g/mol. The maximum atomic E-state index is 4.65. The second-order valence-electron chi connectivity index (χ2n) is 5.69. The fourth-order valence-electron chi connectivity index (χ4n) is 2.48. The van der Waals surface area contributed by atoms with Crippen LogP contribution in [0.25, 0.3) is 11.0 Å². The van der Waals surface area contributed by atoms with E-state index in [4.69, 9.17) is 0 Å². The molecule has 2 aromatic rings. The molecule has 0 aliphatic carbocycles. The number of para-hydroxylation sites is 2. The minimum atomic E-state index is 0. The topological polar surface area (TPSA) is 65.1 Å². The van der Waals surface area contributed by atoms with Crippen molar-refractivity contribution in [3.8, 4) is 0 Å². The van der Waals surface area contributed by atoms with Gasteiger partial charge in [0.2, 0.25) is 0 Å². The number of nitrogens with zero attached hydrogens (tertiary/aromatic N) is 2. The van der Waals surface area contributed by atoms with Crippen molar-refractivity contribution in [2.75, 3.05) is 31.6 Å². The number of H-pyrrole nitrogens is 1. The fourth-order valence-corrected chi connectivity index (χ4v) is 2.97. The van der Waals surface area contributed by atoms with E-state index >= 15 is 0 Å². The molecule has 1 heterocycles. The molecule has 0 amide bonds. The molecule has 0 saturated carbocycles. The highest BCUT2D eigenvalue weighted by Gasteiger charge is 2.02. The van der Waals surface area contributed by atoms with Crippen LogP contribution in [-0.2, 0) is 6.42 Å². The van der Waals surface area contributed by atoms with Crippen LogP contribution in [0.4, 0.5) is 0 Å². The number of aryl methyl sites for hydroxylation is 1. The summed E-state index contributed by atoms with van der Waals surface area (Å²) in [6, 6.07) is 8.15. The first-order valence-corrected chi connectivity index (χ1v) is 10.2. The Bertz CT molecular complexity index is 596. The predicted octanol–water partition coefficient (Wildman–Crippen LogP) is 3.81. The van der Waals surface area contributed by atoms with Crippen molar-refractivity contribution < 1.29 is 0 Å². The molecule has 0 atom stereocenters. The Morgan fingerprint density at radius 1 is 1.20 bits per heavy atom. The molecule has 0 fully saturated rings. The van der Waals surface area contributed by atoms with Gasteiger partial charge in [-0.25, -0.2) is 4.98 Å². The molecule has 3 N–H and O–H groups in total. The lowest BCUT2D eigenvalue weighted by atomic mass is 10.3. The molecule has 0 aliphatic rings. The van der Waals surface area contributed by atoms with Gasteiger partial charge in [0.1, 0.15) is 5.82 Å². The Balaban J connectivity index is 0.00000312. The largest absolute Gasteiger partial charge is 0.357 e. The predicted molar refractivity (Wildman–Crippen MR) is 121 cm³/mol. The van der Waals surface area contributed by atoms with Crippen LogP contribution >= 0.6 is 35.7 Å². The van der Waals surface area contributed by atoms with Gasteiger partial charge in [0, 0.05) is 26.1 Å². The van der Waals surface area contributed by atoms with Crippen molar-refractivity contribution in [3.05, 3.63) is 30.1 Å². The standard InChI is InChI=1S/C18H29N5S.HI/c1-3-19-18(20-12-6-7-14-24-2)21-13-8-11-17-22-15-9-4-5-10-16(15)23-17;/h4-5,9-10H,3,6-8,11-14H2,1-2H3,(H,22,23)(H2,19,20,21);1H. The maximum Gasteiger partial charge on any atom is 0.191 e.